The van der Waals surface area contributed by atoms with E-state index < -0.39 is 0 Å². The summed E-state index contributed by atoms with van der Waals surface area (Å²) < 4.78 is 5.48. The standard InChI is InChI=1S/C15H27NO2/c1-2-3-9-15(17)18-12-13-7-6-11-16-10-5-4-8-14(13)16/h13-14H,2-12H2,1H3/p+1/t13-,14+/m0/s1. The molecule has 2 rings (SSSR count). The zero-order valence-corrected chi connectivity index (χ0v) is 11.7. The van der Waals surface area contributed by atoms with Crippen LogP contribution in [0.2, 0.25) is 0 Å². The zero-order valence-electron chi connectivity index (χ0n) is 11.7. The van der Waals surface area contributed by atoms with Crippen LogP contribution in [0.15, 0.2) is 0 Å². The minimum atomic E-state index is 0.0137. The molecule has 104 valence electrons. The number of esters is 1. The van der Waals surface area contributed by atoms with Gasteiger partial charge < -0.3 is 9.64 Å². The van der Waals surface area contributed by atoms with Gasteiger partial charge in [0.25, 0.3) is 0 Å². The van der Waals surface area contributed by atoms with Gasteiger partial charge in [-0.2, -0.15) is 0 Å². The molecule has 0 aromatic rings. The maximum Gasteiger partial charge on any atom is 0.305 e. The minimum absolute atomic E-state index is 0.0137. The second kappa shape index (κ2) is 7.13. The van der Waals surface area contributed by atoms with Gasteiger partial charge in [-0.3, -0.25) is 4.79 Å². The Balaban J connectivity index is 1.75. The number of rotatable bonds is 5. The van der Waals surface area contributed by atoms with Gasteiger partial charge in [0.1, 0.15) is 0 Å². The second-order valence-corrected chi connectivity index (χ2v) is 5.95. The quantitative estimate of drug-likeness (QED) is 0.755. The molecule has 3 atom stereocenters. The Bertz CT molecular complexity index is 265. The first-order valence-electron chi connectivity index (χ1n) is 7.81. The van der Waals surface area contributed by atoms with E-state index in [1.165, 1.54) is 45.2 Å². The minimum Gasteiger partial charge on any atom is -0.465 e. The van der Waals surface area contributed by atoms with E-state index in [1.54, 1.807) is 4.90 Å². The van der Waals surface area contributed by atoms with Crippen LogP contribution < -0.4 is 4.90 Å². The Morgan fingerprint density at radius 3 is 2.89 bits per heavy atom. The number of fused-ring (bicyclic) bond motifs is 1. The van der Waals surface area contributed by atoms with Crippen LogP contribution in [0.3, 0.4) is 0 Å². The summed E-state index contributed by atoms with van der Waals surface area (Å²) in [4.78, 5) is 13.4. The number of hydrogen-bond acceptors (Lipinski definition) is 2. The van der Waals surface area contributed by atoms with Crippen molar-refractivity contribution in [1.29, 1.82) is 0 Å². The van der Waals surface area contributed by atoms with Gasteiger partial charge in [0.15, 0.2) is 0 Å². The van der Waals surface area contributed by atoms with E-state index in [0.29, 0.717) is 18.9 Å². The third kappa shape index (κ3) is 3.71. The molecular formula is C15H28NO2+. The maximum atomic E-state index is 11.6. The van der Waals surface area contributed by atoms with E-state index in [0.717, 1.165) is 18.9 Å². The van der Waals surface area contributed by atoms with Crippen molar-refractivity contribution < 1.29 is 14.4 Å². The Morgan fingerprint density at radius 2 is 2.06 bits per heavy atom. The molecule has 0 radical (unpaired) electrons. The topological polar surface area (TPSA) is 30.7 Å². The molecular weight excluding hydrogens is 226 g/mol. The molecule has 3 heteroatoms. The van der Waals surface area contributed by atoms with Crippen molar-refractivity contribution in [3.8, 4) is 0 Å². The first-order chi connectivity index (χ1) is 8.81. The zero-order chi connectivity index (χ0) is 12.8. The predicted octanol–water partition coefficient (Wildman–Crippen LogP) is 1.57. The third-order valence-electron chi connectivity index (χ3n) is 4.62. The molecule has 2 aliphatic rings. The average molecular weight is 254 g/mol. The second-order valence-electron chi connectivity index (χ2n) is 5.95. The number of nitrogens with one attached hydrogen (secondary N) is 1. The normalized spacial score (nSPS) is 31.7. The van der Waals surface area contributed by atoms with Crippen LogP contribution in [0, 0.1) is 5.92 Å². The molecule has 0 amide bonds. The van der Waals surface area contributed by atoms with Crippen LogP contribution in [0.25, 0.3) is 0 Å². The first kappa shape index (κ1) is 13.9. The molecule has 0 saturated carbocycles. The summed E-state index contributed by atoms with van der Waals surface area (Å²) in [6, 6.07) is 0.770. The summed E-state index contributed by atoms with van der Waals surface area (Å²) in [7, 11) is 0. The number of ether oxygens (including phenoxy) is 1. The molecule has 0 aromatic heterocycles. The number of carbonyl (C=O) groups is 1. The summed E-state index contributed by atoms with van der Waals surface area (Å²) in [5.41, 5.74) is 0. The highest BCUT2D eigenvalue weighted by molar-refractivity contribution is 5.69. The van der Waals surface area contributed by atoms with Crippen molar-refractivity contribution in [1.82, 2.24) is 0 Å². The Kier molecular flexibility index (Phi) is 5.48. The van der Waals surface area contributed by atoms with E-state index in [4.69, 9.17) is 4.74 Å². The van der Waals surface area contributed by atoms with Gasteiger partial charge in [0.2, 0.25) is 0 Å². The van der Waals surface area contributed by atoms with Crippen molar-refractivity contribution in [2.75, 3.05) is 19.7 Å². The highest BCUT2D eigenvalue weighted by atomic mass is 16.5. The lowest BCUT2D eigenvalue weighted by molar-refractivity contribution is -0.940. The molecule has 3 nitrogen and oxygen atoms in total. The van der Waals surface area contributed by atoms with Crippen molar-refractivity contribution in [3.63, 3.8) is 0 Å². The summed E-state index contributed by atoms with van der Waals surface area (Å²) in [6.07, 6.45) is 9.29. The van der Waals surface area contributed by atoms with E-state index in [-0.39, 0.29) is 5.97 Å². The van der Waals surface area contributed by atoms with Gasteiger partial charge in [-0.05, 0) is 38.5 Å². The summed E-state index contributed by atoms with van der Waals surface area (Å²) in [6.45, 7) is 5.46. The largest absolute Gasteiger partial charge is 0.465 e. The van der Waals surface area contributed by atoms with Crippen molar-refractivity contribution >= 4 is 5.97 Å². The van der Waals surface area contributed by atoms with Crippen LogP contribution in [0.5, 0.6) is 0 Å². The SMILES string of the molecule is CCCCC(=O)OC[C@@H]1CCC[NH+]2CCCC[C@H]12. The fourth-order valence-electron chi connectivity index (χ4n) is 3.57. The first-order valence-corrected chi connectivity index (χ1v) is 7.81. The van der Waals surface area contributed by atoms with Gasteiger partial charge in [-0.15, -0.1) is 0 Å². The Labute approximate surface area is 111 Å². The fourth-order valence-corrected chi connectivity index (χ4v) is 3.57. The number of piperidine rings is 2. The van der Waals surface area contributed by atoms with E-state index >= 15 is 0 Å². The third-order valence-corrected chi connectivity index (χ3v) is 4.62. The fraction of sp³-hybridized carbons (Fsp3) is 0.933. The molecule has 2 heterocycles. The van der Waals surface area contributed by atoms with Crippen molar-refractivity contribution in [2.45, 2.75) is 64.3 Å². The lowest BCUT2D eigenvalue weighted by Crippen LogP contribution is -3.18. The molecule has 0 aromatic carbocycles. The summed E-state index contributed by atoms with van der Waals surface area (Å²) in [5, 5.41) is 0. The van der Waals surface area contributed by atoms with Gasteiger partial charge in [-0.1, -0.05) is 13.3 Å². The van der Waals surface area contributed by atoms with Crippen molar-refractivity contribution in [2.24, 2.45) is 5.92 Å². The molecule has 2 saturated heterocycles. The highest BCUT2D eigenvalue weighted by Gasteiger charge is 2.36. The summed E-state index contributed by atoms with van der Waals surface area (Å²) >= 11 is 0. The lowest BCUT2D eigenvalue weighted by atomic mass is 9.84. The number of quaternary nitrogens is 1. The van der Waals surface area contributed by atoms with Crippen molar-refractivity contribution in [3.05, 3.63) is 0 Å². The van der Waals surface area contributed by atoms with E-state index in [1.807, 2.05) is 0 Å². The molecule has 1 N–H and O–H groups in total. The Hall–Kier alpha value is -0.570. The lowest BCUT2D eigenvalue weighted by Gasteiger charge is -2.41. The van der Waals surface area contributed by atoms with Crippen LogP contribution in [-0.2, 0) is 9.53 Å². The van der Waals surface area contributed by atoms with Crippen LogP contribution in [0.1, 0.15) is 58.3 Å². The maximum absolute atomic E-state index is 11.6. The van der Waals surface area contributed by atoms with Crippen LogP contribution in [0.4, 0.5) is 0 Å². The van der Waals surface area contributed by atoms with E-state index in [9.17, 15) is 4.79 Å². The highest BCUT2D eigenvalue weighted by Crippen LogP contribution is 2.20. The van der Waals surface area contributed by atoms with Crippen LogP contribution in [-0.4, -0.2) is 31.7 Å². The molecule has 1 unspecified atom stereocenters. The number of carbonyl (C=O) groups excluding carboxylic acids is 1. The van der Waals surface area contributed by atoms with Gasteiger partial charge >= 0.3 is 5.97 Å². The van der Waals surface area contributed by atoms with Crippen LogP contribution >= 0.6 is 0 Å². The molecule has 18 heavy (non-hydrogen) atoms. The average Bonchev–Trinajstić information content (AvgIpc) is 2.42. The number of unbranched alkanes of at least 4 members (excludes halogenated alkanes) is 1. The molecule has 2 aliphatic heterocycles. The Morgan fingerprint density at radius 1 is 1.22 bits per heavy atom. The smallest absolute Gasteiger partial charge is 0.305 e. The molecule has 0 bridgehead atoms. The van der Waals surface area contributed by atoms with Gasteiger partial charge in [0.05, 0.1) is 25.7 Å². The summed E-state index contributed by atoms with van der Waals surface area (Å²) in [5.74, 6) is 0.638. The van der Waals surface area contributed by atoms with E-state index in [2.05, 4.69) is 6.92 Å². The molecule has 0 spiro atoms. The van der Waals surface area contributed by atoms with Gasteiger partial charge in [-0.25, -0.2) is 0 Å². The predicted molar refractivity (Wildman–Crippen MR) is 71.5 cm³/mol. The number of hydrogen-bond donors (Lipinski definition) is 1. The molecule has 2 fully saturated rings. The molecule has 0 aliphatic carbocycles. The monoisotopic (exact) mass is 254 g/mol. The van der Waals surface area contributed by atoms with Gasteiger partial charge in [0, 0.05) is 12.3 Å².